The van der Waals surface area contributed by atoms with E-state index in [0.29, 0.717) is 11.3 Å². The molecule has 0 saturated carbocycles. The van der Waals surface area contributed by atoms with Crippen molar-refractivity contribution in [3.8, 4) is 11.4 Å². The van der Waals surface area contributed by atoms with Crippen LogP contribution in [0.5, 0.6) is 0 Å². The van der Waals surface area contributed by atoms with Crippen molar-refractivity contribution in [3.63, 3.8) is 0 Å². The molecule has 17 heavy (non-hydrogen) atoms. The Morgan fingerprint density at radius 3 is 2.94 bits per heavy atom. The molecule has 0 unspecified atom stereocenters. The molecule has 84 valence electrons. The average molecular weight is 226 g/mol. The third-order valence-electron chi connectivity index (χ3n) is 2.51. The molecule has 0 aliphatic rings. The van der Waals surface area contributed by atoms with E-state index in [1.807, 2.05) is 31.2 Å². The van der Waals surface area contributed by atoms with Gasteiger partial charge in [-0.2, -0.15) is 9.61 Å². The Bertz CT molecular complexity index is 727. The Kier molecular flexibility index (Phi) is 2.04. The van der Waals surface area contributed by atoms with Gasteiger partial charge in [0.1, 0.15) is 5.65 Å². The minimum absolute atomic E-state index is 0.160. The molecule has 1 N–H and O–H groups in total. The molecule has 0 aliphatic carbocycles. The van der Waals surface area contributed by atoms with Crippen LogP contribution in [0.1, 0.15) is 5.69 Å². The van der Waals surface area contributed by atoms with E-state index < -0.39 is 0 Å². The highest BCUT2D eigenvalue weighted by atomic mass is 16.1. The van der Waals surface area contributed by atoms with Gasteiger partial charge in [0, 0.05) is 18.3 Å². The van der Waals surface area contributed by atoms with E-state index in [1.54, 1.807) is 6.20 Å². The summed E-state index contributed by atoms with van der Waals surface area (Å²) in [7, 11) is 0. The quantitative estimate of drug-likeness (QED) is 0.682. The fourth-order valence-corrected chi connectivity index (χ4v) is 1.78. The largest absolute Gasteiger partial charge is 0.338 e. The Balaban J connectivity index is 2.29. The van der Waals surface area contributed by atoms with Crippen molar-refractivity contribution < 1.29 is 0 Å². The lowest BCUT2D eigenvalue weighted by atomic mass is 10.2. The van der Waals surface area contributed by atoms with Crippen LogP contribution in [0.3, 0.4) is 0 Å². The van der Waals surface area contributed by atoms with Gasteiger partial charge in [-0.05, 0) is 19.1 Å². The Labute approximate surface area is 96.8 Å². The molecule has 0 bridgehead atoms. The van der Waals surface area contributed by atoms with Crippen molar-refractivity contribution in [1.29, 1.82) is 0 Å². The average Bonchev–Trinajstić information content (AvgIpc) is 2.71. The summed E-state index contributed by atoms with van der Waals surface area (Å²) in [5.41, 5.74) is 2.76. The van der Waals surface area contributed by atoms with Gasteiger partial charge >= 0.3 is 0 Å². The molecule has 5 nitrogen and oxygen atoms in total. The van der Waals surface area contributed by atoms with Gasteiger partial charge in [-0.15, -0.1) is 0 Å². The van der Waals surface area contributed by atoms with Crippen molar-refractivity contribution in [2.75, 3.05) is 0 Å². The van der Waals surface area contributed by atoms with Gasteiger partial charge in [0.2, 0.25) is 0 Å². The number of hydrogen-bond donors (Lipinski definition) is 1. The number of aromatic amines is 1. The third-order valence-corrected chi connectivity index (χ3v) is 2.51. The molecule has 0 spiro atoms. The van der Waals surface area contributed by atoms with Gasteiger partial charge in [0.05, 0.1) is 17.1 Å². The molecule has 0 fully saturated rings. The van der Waals surface area contributed by atoms with Crippen LogP contribution in [0, 0.1) is 6.92 Å². The zero-order chi connectivity index (χ0) is 11.8. The highest BCUT2D eigenvalue weighted by Crippen LogP contribution is 2.12. The van der Waals surface area contributed by atoms with Crippen LogP contribution in [0.4, 0.5) is 0 Å². The van der Waals surface area contributed by atoms with Crippen LogP contribution in [-0.4, -0.2) is 19.6 Å². The van der Waals surface area contributed by atoms with Crippen LogP contribution < -0.4 is 5.56 Å². The van der Waals surface area contributed by atoms with Crippen LogP contribution in [0.15, 0.2) is 41.3 Å². The fraction of sp³-hybridized carbons (Fsp3) is 0.0833. The number of hydrogen-bond acceptors (Lipinski definition) is 3. The van der Waals surface area contributed by atoms with Gasteiger partial charge in [-0.3, -0.25) is 9.78 Å². The highest BCUT2D eigenvalue weighted by molar-refractivity contribution is 5.57. The van der Waals surface area contributed by atoms with Gasteiger partial charge in [-0.25, -0.2) is 0 Å². The monoisotopic (exact) mass is 226 g/mol. The molecule has 0 aromatic carbocycles. The molecule has 3 rings (SSSR count). The first-order valence-electron chi connectivity index (χ1n) is 5.25. The number of pyridine rings is 1. The molecule has 3 heterocycles. The van der Waals surface area contributed by atoms with Crippen molar-refractivity contribution in [2.45, 2.75) is 6.92 Å². The zero-order valence-corrected chi connectivity index (χ0v) is 9.21. The van der Waals surface area contributed by atoms with Crippen molar-refractivity contribution in [3.05, 3.63) is 52.6 Å². The summed E-state index contributed by atoms with van der Waals surface area (Å²) < 4.78 is 1.35. The number of H-pyrrole nitrogens is 1. The minimum Gasteiger partial charge on any atom is -0.338 e. The maximum atomic E-state index is 11.8. The lowest BCUT2D eigenvalue weighted by Crippen LogP contribution is -2.14. The van der Waals surface area contributed by atoms with Gasteiger partial charge < -0.3 is 4.98 Å². The van der Waals surface area contributed by atoms with E-state index >= 15 is 0 Å². The Morgan fingerprint density at radius 1 is 1.29 bits per heavy atom. The third kappa shape index (κ3) is 1.61. The normalized spacial score (nSPS) is 10.9. The summed E-state index contributed by atoms with van der Waals surface area (Å²) >= 11 is 0. The molecule has 0 amide bonds. The van der Waals surface area contributed by atoms with E-state index in [9.17, 15) is 4.79 Å². The number of fused-ring (bicyclic) bond motifs is 1. The smallest absolute Gasteiger partial charge is 0.274 e. The Morgan fingerprint density at radius 2 is 2.18 bits per heavy atom. The first kappa shape index (κ1) is 9.77. The molecule has 3 aromatic rings. The van der Waals surface area contributed by atoms with Crippen molar-refractivity contribution >= 4 is 5.65 Å². The molecule has 5 heteroatoms. The van der Waals surface area contributed by atoms with E-state index in [0.717, 1.165) is 11.4 Å². The SMILES string of the molecule is Cc1cc2[nH]c(-c3ccccn3)cc(=O)n2n1. The standard InChI is InChI=1S/C12H10N4O/c1-8-6-11-14-10(7-12(17)16(11)15-8)9-4-2-3-5-13-9/h2-7,14H,1H3. The van der Waals surface area contributed by atoms with Crippen LogP contribution >= 0.6 is 0 Å². The maximum absolute atomic E-state index is 11.8. The molecule has 0 atom stereocenters. The molecular formula is C12H10N4O. The molecule has 3 aromatic heterocycles. The number of rotatable bonds is 1. The second-order valence-corrected chi connectivity index (χ2v) is 3.82. The lowest BCUT2D eigenvalue weighted by molar-refractivity contribution is 0.881. The molecular weight excluding hydrogens is 216 g/mol. The number of nitrogens with one attached hydrogen (secondary N) is 1. The fourth-order valence-electron chi connectivity index (χ4n) is 1.78. The minimum atomic E-state index is -0.160. The van der Waals surface area contributed by atoms with Crippen LogP contribution in [-0.2, 0) is 0 Å². The summed E-state index contributed by atoms with van der Waals surface area (Å²) in [4.78, 5) is 19.2. The summed E-state index contributed by atoms with van der Waals surface area (Å²) in [6, 6.07) is 8.90. The Hall–Kier alpha value is -2.43. The molecule has 0 saturated heterocycles. The van der Waals surface area contributed by atoms with Crippen molar-refractivity contribution in [1.82, 2.24) is 19.6 Å². The van der Waals surface area contributed by atoms with E-state index in [-0.39, 0.29) is 5.56 Å². The second-order valence-electron chi connectivity index (χ2n) is 3.82. The highest BCUT2D eigenvalue weighted by Gasteiger charge is 2.06. The predicted octanol–water partition coefficient (Wildman–Crippen LogP) is 1.39. The zero-order valence-electron chi connectivity index (χ0n) is 9.21. The maximum Gasteiger partial charge on any atom is 0.274 e. The van der Waals surface area contributed by atoms with Gasteiger partial charge in [-0.1, -0.05) is 6.07 Å². The van der Waals surface area contributed by atoms with E-state index in [4.69, 9.17) is 0 Å². The molecule has 0 radical (unpaired) electrons. The summed E-state index contributed by atoms with van der Waals surface area (Å²) in [5.74, 6) is 0. The van der Waals surface area contributed by atoms with E-state index in [2.05, 4.69) is 15.1 Å². The topological polar surface area (TPSA) is 63.0 Å². The molecule has 0 aliphatic heterocycles. The van der Waals surface area contributed by atoms with Gasteiger partial charge in [0.25, 0.3) is 5.56 Å². The number of aryl methyl sites for hydroxylation is 1. The van der Waals surface area contributed by atoms with Gasteiger partial charge in [0.15, 0.2) is 0 Å². The number of nitrogens with zero attached hydrogens (tertiary/aromatic N) is 3. The van der Waals surface area contributed by atoms with Crippen LogP contribution in [0.2, 0.25) is 0 Å². The first-order chi connectivity index (χ1) is 8.24. The summed E-state index contributed by atoms with van der Waals surface area (Å²) in [6.45, 7) is 1.85. The number of aromatic nitrogens is 4. The first-order valence-corrected chi connectivity index (χ1v) is 5.25. The van der Waals surface area contributed by atoms with Crippen LogP contribution in [0.25, 0.3) is 17.0 Å². The second kappa shape index (κ2) is 3.55. The predicted molar refractivity (Wildman–Crippen MR) is 63.8 cm³/mol. The summed E-state index contributed by atoms with van der Waals surface area (Å²) in [6.07, 6.45) is 1.69. The lowest BCUT2D eigenvalue weighted by Gasteiger charge is -2.00. The van der Waals surface area contributed by atoms with E-state index in [1.165, 1.54) is 10.6 Å². The van der Waals surface area contributed by atoms with Crippen molar-refractivity contribution in [2.24, 2.45) is 0 Å². The summed E-state index contributed by atoms with van der Waals surface area (Å²) in [5, 5.41) is 4.10.